The normalized spacial score (nSPS) is 13.1. The van der Waals surface area contributed by atoms with E-state index in [1.54, 1.807) is 0 Å². The fourth-order valence-electron chi connectivity index (χ4n) is 3.08. The van der Waals surface area contributed by atoms with E-state index in [0.717, 1.165) is 28.9 Å². The molecule has 3 rings (SSSR count). The van der Waals surface area contributed by atoms with Crippen LogP contribution in [0.1, 0.15) is 30.5 Å². The van der Waals surface area contributed by atoms with E-state index in [2.05, 4.69) is 29.2 Å². The molecule has 9 heteroatoms. The molecule has 0 saturated carbocycles. The molecule has 0 saturated heterocycles. The van der Waals surface area contributed by atoms with E-state index >= 15 is 0 Å². The highest BCUT2D eigenvalue weighted by Crippen LogP contribution is 2.28. The molecule has 198 valence electrons. The van der Waals surface area contributed by atoms with Crippen LogP contribution in [0.15, 0.2) is 48.5 Å². The van der Waals surface area contributed by atoms with Crippen LogP contribution in [0.2, 0.25) is 0 Å². The van der Waals surface area contributed by atoms with Crippen molar-refractivity contribution in [2.45, 2.75) is 26.6 Å². The van der Waals surface area contributed by atoms with Crippen molar-refractivity contribution in [2.75, 3.05) is 52.0 Å². The standard InChI is InChI=1S/C23H28N2O3.C2HF3O.C2H6/c1-24(2)13-14-27-15-16-28-18-23(26)25-17-21-9-4-3-7-19(21)11-12-20-8-5-6-10-22(20)25;3-2(4,5)1-6;1-2/h3-12H,13-18H2,1-2H3;1H;1-2H3/b12-11-;;. The Kier molecular flexibility index (Phi) is 14.3. The van der Waals surface area contributed by atoms with Gasteiger partial charge in [-0.3, -0.25) is 9.59 Å². The van der Waals surface area contributed by atoms with E-state index < -0.39 is 12.5 Å². The second-order valence-corrected chi connectivity index (χ2v) is 7.70. The summed E-state index contributed by atoms with van der Waals surface area (Å²) in [4.78, 5) is 25.5. The van der Waals surface area contributed by atoms with Gasteiger partial charge in [0, 0.05) is 6.54 Å². The number of halogens is 3. The van der Waals surface area contributed by atoms with Gasteiger partial charge in [-0.1, -0.05) is 68.5 Å². The van der Waals surface area contributed by atoms with Crippen LogP contribution in [-0.2, 0) is 25.6 Å². The van der Waals surface area contributed by atoms with E-state index in [1.807, 2.05) is 69.2 Å². The number of para-hydroxylation sites is 1. The van der Waals surface area contributed by atoms with Gasteiger partial charge in [0.2, 0.25) is 6.29 Å². The Morgan fingerprint density at radius 2 is 1.50 bits per heavy atom. The summed E-state index contributed by atoms with van der Waals surface area (Å²) in [5.41, 5.74) is 4.18. The Morgan fingerprint density at radius 3 is 2.14 bits per heavy atom. The molecule has 2 aromatic carbocycles. The molecular formula is C27H35F3N2O4. The molecule has 36 heavy (non-hydrogen) atoms. The summed E-state index contributed by atoms with van der Waals surface area (Å²) in [5.74, 6) is -0.0501. The molecule has 1 amide bonds. The Bertz CT molecular complexity index is 962. The number of carbonyl (C=O) groups is 2. The van der Waals surface area contributed by atoms with Crippen LogP contribution >= 0.6 is 0 Å². The molecule has 0 aromatic heterocycles. The van der Waals surface area contributed by atoms with Crippen molar-refractivity contribution in [3.8, 4) is 0 Å². The summed E-state index contributed by atoms with van der Waals surface area (Å²) in [6, 6.07) is 16.1. The van der Waals surface area contributed by atoms with Crippen LogP contribution in [0, 0.1) is 0 Å². The maximum absolute atomic E-state index is 12.9. The zero-order valence-electron chi connectivity index (χ0n) is 21.3. The molecule has 2 aromatic rings. The van der Waals surface area contributed by atoms with Gasteiger partial charge in [-0.05, 0) is 36.9 Å². The van der Waals surface area contributed by atoms with Crippen molar-refractivity contribution in [3.05, 3.63) is 65.2 Å². The van der Waals surface area contributed by atoms with Crippen molar-refractivity contribution in [1.82, 2.24) is 4.90 Å². The predicted octanol–water partition coefficient (Wildman–Crippen LogP) is 5.07. The van der Waals surface area contributed by atoms with Crippen molar-refractivity contribution in [2.24, 2.45) is 0 Å². The van der Waals surface area contributed by atoms with Crippen LogP contribution in [0.4, 0.5) is 18.9 Å². The van der Waals surface area contributed by atoms with E-state index in [0.29, 0.717) is 26.4 Å². The number of likely N-dealkylation sites (N-methyl/N-ethyl adjacent to an activating group) is 1. The van der Waals surface area contributed by atoms with E-state index in [9.17, 15) is 18.0 Å². The number of hydrogen-bond donors (Lipinski definition) is 0. The topological polar surface area (TPSA) is 59.1 Å². The number of anilines is 1. The molecule has 0 bridgehead atoms. The minimum absolute atomic E-state index is 0.0389. The van der Waals surface area contributed by atoms with Crippen LogP contribution in [0.3, 0.4) is 0 Å². The number of rotatable bonds is 8. The Morgan fingerprint density at radius 1 is 0.944 bits per heavy atom. The van der Waals surface area contributed by atoms with Gasteiger partial charge in [-0.2, -0.15) is 13.2 Å². The first-order chi connectivity index (χ1) is 17.2. The first-order valence-electron chi connectivity index (χ1n) is 11.7. The molecule has 0 radical (unpaired) electrons. The van der Waals surface area contributed by atoms with Crippen LogP contribution in [-0.4, -0.2) is 70.3 Å². The van der Waals surface area contributed by atoms with E-state index in [1.165, 1.54) is 0 Å². The second kappa shape index (κ2) is 16.6. The van der Waals surface area contributed by atoms with Crippen LogP contribution in [0.25, 0.3) is 12.2 Å². The highest BCUT2D eigenvalue weighted by Gasteiger charge is 2.25. The van der Waals surface area contributed by atoms with E-state index in [-0.39, 0.29) is 12.5 Å². The summed E-state index contributed by atoms with van der Waals surface area (Å²) < 4.78 is 42.3. The first kappa shape index (κ1) is 31.0. The number of hydrogen-bond acceptors (Lipinski definition) is 5. The smallest absolute Gasteiger partial charge is 0.378 e. The molecular weight excluding hydrogens is 473 g/mol. The largest absolute Gasteiger partial charge is 0.446 e. The molecule has 0 atom stereocenters. The summed E-state index contributed by atoms with van der Waals surface area (Å²) >= 11 is 0. The predicted molar refractivity (Wildman–Crippen MR) is 137 cm³/mol. The van der Waals surface area contributed by atoms with Gasteiger partial charge in [-0.25, -0.2) is 0 Å². The van der Waals surface area contributed by atoms with Gasteiger partial charge in [0.1, 0.15) is 6.61 Å². The van der Waals surface area contributed by atoms with Gasteiger partial charge < -0.3 is 19.3 Å². The third-order valence-electron chi connectivity index (χ3n) is 4.77. The zero-order chi connectivity index (χ0) is 27.0. The first-order valence-corrected chi connectivity index (χ1v) is 11.7. The zero-order valence-corrected chi connectivity index (χ0v) is 21.3. The lowest BCUT2D eigenvalue weighted by Crippen LogP contribution is -2.35. The van der Waals surface area contributed by atoms with Gasteiger partial charge >= 0.3 is 6.18 Å². The molecule has 1 aliphatic rings. The second-order valence-electron chi connectivity index (χ2n) is 7.70. The molecule has 0 N–H and O–H groups in total. The number of aldehydes is 1. The van der Waals surface area contributed by atoms with Crippen molar-refractivity contribution in [3.63, 3.8) is 0 Å². The number of amides is 1. The van der Waals surface area contributed by atoms with Crippen molar-refractivity contribution >= 4 is 30.0 Å². The molecule has 0 aliphatic carbocycles. The van der Waals surface area contributed by atoms with Crippen LogP contribution < -0.4 is 4.90 Å². The van der Waals surface area contributed by atoms with Crippen molar-refractivity contribution in [1.29, 1.82) is 0 Å². The number of ether oxygens (including phenoxy) is 2. The molecule has 0 unspecified atom stereocenters. The van der Waals surface area contributed by atoms with Gasteiger partial charge in [0.25, 0.3) is 5.91 Å². The van der Waals surface area contributed by atoms with Crippen molar-refractivity contribution < 1.29 is 32.2 Å². The summed E-state index contributed by atoms with van der Waals surface area (Å²) in [5, 5.41) is 0. The SMILES string of the molecule is CC.CN(C)CCOCCOCC(=O)N1Cc2ccccc2/C=C\c2ccccc21.O=CC(F)(F)F. The van der Waals surface area contributed by atoms with Gasteiger partial charge in [-0.15, -0.1) is 0 Å². The molecule has 1 aliphatic heterocycles. The third kappa shape index (κ3) is 11.6. The Balaban J connectivity index is 0.000000710. The summed E-state index contributed by atoms with van der Waals surface area (Å²) in [7, 11) is 4.01. The van der Waals surface area contributed by atoms with Gasteiger partial charge in [0.05, 0.1) is 32.1 Å². The number of fused-ring (bicyclic) bond motifs is 2. The lowest BCUT2D eigenvalue weighted by molar-refractivity contribution is -0.156. The summed E-state index contributed by atoms with van der Waals surface area (Å²) in [6.07, 6.45) is -1.53. The Labute approximate surface area is 211 Å². The number of nitrogens with zero attached hydrogens (tertiary/aromatic N) is 2. The number of carbonyl (C=O) groups excluding carboxylic acids is 2. The minimum Gasteiger partial charge on any atom is -0.378 e. The molecule has 1 heterocycles. The molecule has 0 fully saturated rings. The minimum atomic E-state index is -4.64. The van der Waals surface area contributed by atoms with Gasteiger partial charge in [0.15, 0.2) is 0 Å². The van der Waals surface area contributed by atoms with Crippen LogP contribution in [0.5, 0.6) is 0 Å². The Hall–Kier alpha value is -3.01. The number of benzene rings is 2. The lowest BCUT2D eigenvalue weighted by atomic mass is 10.0. The monoisotopic (exact) mass is 508 g/mol. The van der Waals surface area contributed by atoms with E-state index in [4.69, 9.17) is 14.3 Å². The average Bonchev–Trinajstić information content (AvgIpc) is 2.85. The molecule has 0 spiro atoms. The maximum atomic E-state index is 12.9. The third-order valence-corrected chi connectivity index (χ3v) is 4.77. The fraction of sp³-hybridized carbons (Fsp3) is 0.407. The number of alkyl halides is 3. The fourth-order valence-corrected chi connectivity index (χ4v) is 3.08. The average molecular weight is 509 g/mol. The highest BCUT2D eigenvalue weighted by molar-refractivity contribution is 5.97. The lowest BCUT2D eigenvalue weighted by Gasteiger charge is -2.27. The summed E-state index contributed by atoms with van der Waals surface area (Å²) in [6.45, 7) is 6.99. The maximum Gasteiger partial charge on any atom is 0.446 e. The quantitative estimate of drug-likeness (QED) is 0.368. The molecule has 6 nitrogen and oxygen atoms in total. The highest BCUT2D eigenvalue weighted by atomic mass is 19.4.